The van der Waals surface area contributed by atoms with Crippen LogP contribution in [-0.4, -0.2) is 32.9 Å². The van der Waals surface area contributed by atoms with E-state index in [-0.39, 0.29) is 0 Å². The molecule has 1 rings (SSSR count). The molecule has 1 aromatic carbocycles. The molecule has 0 spiro atoms. The molecule has 0 radical (unpaired) electrons. The molecule has 3 nitrogen and oxygen atoms in total. The first kappa shape index (κ1) is 16.0. The van der Waals surface area contributed by atoms with Crippen molar-refractivity contribution in [2.24, 2.45) is 0 Å². The summed E-state index contributed by atoms with van der Waals surface area (Å²) in [5.74, 6) is 0.936. The largest absolute Gasteiger partial charge is 0.492 e. The van der Waals surface area contributed by atoms with Crippen LogP contribution in [-0.2, 0) is 11.2 Å². The average Bonchev–Trinajstić information content (AvgIpc) is 2.43. The van der Waals surface area contributed by atoms with Crippen molar-refractivity contribution in [1.82, 2.24) is 5.32 Å². The number of ether oxygens (including phenoxy) is 2. The number of benzene rings is 1. The van der Waals surface area contributed by atoms with Crippen LogP contribution in [0.2, 0.25) is 0 Å². The highest BCUT2D eigenvalue weighted by molar-refractivity contribution is 5.27. The molecule has 19 heavy (non-hydrogen) atoms. The fraction of sp³-hybridized carbons (Fsp3) is 0.625. The monoisotopic (exact) mass is 265 g/mol. The highest BCUT2D eigenvalue weighted by Gasteiger charge is 1.99. The third-order valence-electron chi connectivity index (χ3n) is 3.10. The Hall–Kier alpha value is -1.06. The molecular weight excluding hydrogens is 238 g/mol. The van der Waals surface area contributed by atoms with E-state index in [0.29, 0.717) is 12.6 Å². The van der Waals surface area contributed by atoms with E-state index >= 15 is 0 Å². The van der Waals surface area contributed by atoms with E-state index in [2.05, 4.69) is 31.3 Å². The highest BCUT2D eigenvalue weighted by Crippen LogP contribution is 2.12. The van der Waals surface area contributed by atoms with Crippen LogP contribution in [0.15, 0.2) is 24.3 Å². The fourth-order valence-electron chi connectivity index (χ4n) is 1.98. The summed E-state index contributed by atoms with van der Waals surface area (Å²) >= 11 is 0. The summed E-state index contributed by atoms with van der Waals surface area (Å²) in [6.45, 7) is 6.80. The summed E-state index contributed by atoms with van der Waals surface area (Å²) < 4.78 is 10.8. The van der Waals surface area contributed by atoms with Crippen molar-refractivity contribution in [2.45, 2.75) is 39.2 Å². The first-order valence-corrected chi connectivity index (χ1v) is 7.20. The van der Waals surface area contributed by atoms with Gasteiger partial charge < -0.3 is 14.8 Å². The zero-order valence-corrected chi connectivity index (χ0v) is 12.4. The predicted octanol–water partition coefficient (Wildman–Crippen LogP) is 3.03. The molecule has 1 atom stereocenters. The molecule has 108 valence electrons. The van der Waals surface area contributed by atoms with Gasteiger partial charge in [-0.2, -0.15) is 0 Å². The molecule has 3 heteroatoms. The van der Waals surface area contributed by atoms with Crippen LogP contribution in [0.4, 0.5) is 0 Å². The lowest BCUT2D eigenvalue weighted by Crippen LogP contribution is -2.29. The molecule has 0 amide bonds. The second-order valence-electron chi connectivity index (χ2n) is 4.88. The van der Waals surface area contributed by atoms with E-state index in [4.69, 9.17) is 9.47 Å². The van der Waals surface area contributed by atoms with Crippen molar-refractivity contribution in [3.05, 3.63) is 29.8 Å². The normalized spacial score (nSPS) is 12.4. The minimum Gasteiger partial charge on any atom is -0.492 e. The zero-order chi connectivity index (χ0) is 13.9. The Kier molecular flexibility index (Phi) is 8.26. The van der Waals surface area contributed by atoms with Gasteiger partial charge in [-0.05, 0) is 37.5 Å². The maximum absolute atomic E-state index is 5.70. The lowest BCUT2D eigenvalue weighted by molar-refractivity contribution is 0.202. The Morgan fingerprint density at radius 3 is 2.53 bits per heavy atom. The lowest BCUT2D eigenvalue weighted by atomic mass is 10.1. The van der Waals surface area contributed by atoms with Crippen molar-refractivity contribution in [1.29, 1.82) is 0 Å². The van der Waals surface area contributed by atoms with E-state index in [1.54, 1.807) is 7.11 Å². The Bertz CT molecular complexity index is 324. The SMILES string of the molecule is CCCC(C)NCCOc1ccc(CCOC)cc1. The molecule has 0 bridgehead atoms. The number of rotatable bonds is 10. The van der Waals surface area contributed by atoms with Crippen molar-refractivity contribution in [3.63, 3.8) is 0 Å². The molecular formula is C16H27NO2. The molecule has 0 aliphatic heterocycles. The molecule has 0 aliphatic carbocycles. The van der Waals surface area contributed by atoms with E-state index in [1.165, 1.54) is 18.4 Å². The summed E-state index contributed by atoms with van der Waals surface area (Å²) in [7, 11) is 1.73. The third kappa shape index (κ3) is 7.19. The molecule has 1 unspecified atom stereocenters. The molecule has 0 aromatic heterocycles. The highest BCUT2D eigenvalue weighted by atomic mass is 16.5. The van der Waals surface area contributed by atoms with Gasteiger partial charge in [0.25, 0.3) is 0 Å². The lowest BCUT2D eigenvalue weighted by Gasteiger charge is -2.13. The first-order chi connectivity index (χ1) is 9.26. The van der Waals surface area contributed by atoms with Gasteiger partial charge in [0.05, 0.1) is 6.61 Å². The maximum atomic E-state index is 5.70. The maximum Gasteiger partial charge on any atom is 0.119 e. The summed E-state index contributed by atoms with van der Waals surface area (Å²) in [5, 5.41) is 3.45. The van der Waals surface area contributed by atoms with Gasteiger partial charge in [-0.1, -0.05) is 25.5 Å². The average molecular weight is 265 g/mol. The quantitative estimate of drug-likeness (QED) is 0.660. The van der Waals surface area contributed by atoms with Crippen molar-refractivity contribution >= 4 is 0 Å². The van der Waals surface area contributed by atoms with Crippen molar-refractivity contribution < 1.29 is 9.47 Å². The Morgan fingerprint density at radius 2 is 1.89 bits per heavy atom. The van der Waals surface area contributed by atoms with Gasteiger partial charge in [0, 0.05) is 19.7 Å². The zero-order valence-electron chi connectivity index (χ0n) is 12.4. The second kappa shape index (κ2) is 9.82. The van der Waals surface area contributed by atoms with Gasteiger partial charge >= 0.3 is 0 Å². The smallest absolute Gasteiger partial charge is 0.119 e. The number of hydrogen-bond donors (Lipinski definition) is 1. The van der Waals surface area contributed by atoms with E-state index in [1.807, 2.05) is 12.1 Å². The minimum atomic E-state index is 0.574. The fourth-order valence-corrected chi connectivity index (χ4v) is 1.98. The van der Waals surface area contributed by atoms with Crippen LogP contribution in [0.3, 0.4) is 0 Å². The Morgan fingerprint density at radius 1 is 1.16 bits per heavy atom. The Labute approximate surface area is 117 Å². The van der Waals surface area contributed by atoms with Crippen LogP contribution in [0.5, 0.6) is 5.75 Å². The van der Waals surface area contributed by atoms with Gasteiger partial charge in [0.1, 0.15) is 12.4 Å². The van der Waals surface area contributed by atoms with Gasteiger partial charge in [-0.3, -0.25) is 0 Å². The van der Waals surface area contributed by atoms with Crippen LogP contribution < -0.4 is 10.1 Å². The molecule has 0 fully saturated rings. The molecule has 1 aromatic rings. The van der Waals surface area contributed by atoms with E-state index in [0.717, 1.165) is 25.3 Å². The van der Waals surface area contributed by atoms with Gasteiger partial charge in [0.2, 0.25) is 0 Å². The van der Waals surface area contributed by atoms with Crippen LogP contribution in [0.1, 0.15) is 32.3 Å². The standard InChI is InChI=1S/C16H27NO2/c1-4-5-14(2)17-11-13-19-16-8-6-15(7-9-16)10-12-18-3/h6-9,14,17H,4-5,10-13H2,1-3H3. The predicted molar refractivity (Wildman–Crippen MR) is 79.9 cm³/mol. The van der Waals surface area contributed by atoms with Crippen LogP contribution >= 0.6 is 0 Å². The molecule has 1 N–H and O–H groups in total. The van der Waals surface area contributed by atoms with E-state index < -0.39 is 0 Å². The Balaban J connectivity index is 2.19. The first-order valence-electron chi connectivity index (χ1n) is 7.20. The van der Waals surface area contributed by atoms with Crippen LogP contribution in [0, 0.1) is 0 Å². The third-order valence-corrected chi connectivity index (χ3v) is 3.10. The van der Waals surface area contributed by atoms with Gasteiger partial charge in [-0.25, -0.2) is 0 Å². The molecule has 0 saturated heterocycles. The van der Waals surface area contributed by atoms with Gasteiger partial charge in [-0.15, -0.1) is 0 Å². The number of methoxy groups -OCH3 is 1. The van der Waals surface area contributed by atoms with E-state index in [9.17, 15) is 0 Å². The topological polar surface area (TPSA) is 30.5 Å². The van der Waals surface area contributed by atoms with Crippen molar-refractivity contribution in [3.8, 4) is 5.75 Å². The van der Waals surface area contributed by atoms with Crippen molar-refractivity contribution in [2.75, 3.05) is 26.9 Å². The summed E-state index contributed by atoms with van der Waals surface area (Å²) in [6, 6.07) is 8.83. The van der Waals surface area contributed by atoms with Crippen LogP contribution in [0.25, 0.3) is 0 Å². The van der Waals surface area contributed by atoms with Gasteiger partial charge in [0.15, 0.2) is 0 Å². The molecule has 0 heterocycles. The molecule has 0 saturated carbocycles. The number of hydrogen-bond acceptors (Lipinski definition) is 3. The summed E-state index contributed by atoms with van der Waals surface area (Å²) in [4.78, 5) is 0. The molecule has 0 aliphatic rings. The second-order valence-corrected chi connectivity index (χ2v) is 4.88. The number of nitrogens with one attached hydrogen (secondary N) is 1. The summed E-state index contributed by atoms with van der Waals surface area (Å²) in [5.41, 5.74) is 1.28. The summed E-state index contributed by atoms with van der Waals surface area (Å²) in [6.07, 6.45) is 3.39. The minimum absolute atomic E-state index is 0.574.